The molecule has 0 spiro atoms. The molecule has 0 saturated carbocycles. The Bertz CT molecular complexity index is 986. The highest BCUT2D eigenvalue weighted by molar-refractivity contribution is 5.80. The Morgan fingerprint density at radius 3 is 2.66 bits per heavy atom. The van der Waals surface area contributed by atoms with Crippen molar-refractivity contribution in [3.63, 3.8) is 0 Å². The Hall–Kier alpha value is -3.55. The number of hydrogen-bond acceptors (Lipinski definition) is 7. The summed E-state index contributed by atoms with van der Waals surface area (Å²) >= 11 is 0. The van der Waals surface area contributed by atoms with Crippen molar-refractivity contribution in [1.29, 1.82) is 0 Å². The van der Waals surface area contributed by atoms with Crippen LogP contribution < -0.4 is 19.5 Å². The zero-order valence-electron chi connectivity index (χ0n) is 16.8. The number of carbonyl (C=O) groups is 1. The van der Waals surface area contributed by atoms with Crippen LogP contribution in [0, 0.1) is 6.92 Å². The van der Waals surface area contributed by atoms with Crippen molar-refractivity contribution in [3.05, 3.63) is 53.9 Å². The van der Waals surface area contributed by atoms with Gasteiger partial charge in [0.15, 0.2) is 6.10 Å². The first-order valence-electron chi connectivity index (χ1n) is 9.06. The predicted octanol–water partition coefficient (Wildman–Crippen LogP) is 3.15. The Morgan fingerprint density at radius 2 is 1.93 bits per heavy atom. The zero-order valence-corrected chi connectivity index (χ0v) is 16.8. The number of para-hydroxylation sites is 1. The highest BCUT2D eigenvalue weighted by atomic mass is 16.5. The van der Waals surface area contributed by atoms with Crippen LogP contribution in [-0.2, 0) is 11.3 Å². The van der Waals surface area contributed by atoms with Crippen molar-refractivity contribution in [1.82, 2.24) is 15.5 Å². The summed E-state index contributed by atoms with van der Waals surface area (Å²) in [5.41, 5.74) is 1.62. The van der Waals surface area contributed by atoms with Gasteiger partial charge in [0, 0.05) is 6.07 Å². The van der Waals surface area contributed by atoms with Crippen LogP contribution in [-0.4, -0.2) is 36.4 Å². The van der Waals surface area contributed by atoms with E-state index in [0.29, 0.717) is 28.6 Å². The molecular weight excluding hydrogens is 374 g/mol. The summed E-state index contributed by atoms with van der Waals surface area (Å²) in [6.07, 6.45) is -0.667. The average molecular weight is 397 g/mol. The van der Waals surface area contributed by atoms with Crippen LogP contribution in [0.4, 0.5) is 0 Å². The fraction of sp³-hybridized carbons (Fsp3) is 0.286. The molecule has 0 radical (unpaired) electrons. The molecule has 0 aliphatic heterocycles. The summed E-state index contributed by atoms with van der Waals surface area (Å²) in [7, 11) is 3.13. The summed E-state index contributed by atoms with van der Waals surface area (Å²) < 4.78 is 21.5. The molecule has 2 aromatic carbocycles. The molecule has 8 heteroatoms. The van der Waals surface area contributed by atoms with Crippen molar-refractivity contribution in [2.45, 2.75) is 26.5 Å². The number of hydrogen-bond donors (Lipinski definition) is 1. The van der Waals surface area contributed by atoms with Crippen LogP contribution in [0.1, 0.15) is 18.4 Å². The third kappa shape index (κ3) is 4.84. The molecule has 1 N–H and O–H groups in total. The Morgan fingerprint density at radius 1 is 1.14 bits per heavy atom. The lowest BCUT2D eigenvalue weighted by molar-refractivity contribution is -0.127. The van der Waals surface area contributed by atoms with Crippen LogP contribution in [0.2, 0.25) is 0 Å². The molecule has 1 heterocycles. The summed E-state index contributed by atoms with van der Waals surface area (Å²) in [6, 6.07) is 12.8. The van der Waals surface area contributed by atoms with Crippen LogP contribution >= 0.6 is 0 Å². The maximum Gasteiger partial charge on any atom is 0.261 e. The molecular formula is C21H23N3O5. The van der Waals surface area contributed by atoms with E-state index in [2.05, 4.69) is 15.5 Å². The first-order chi connectivity index (χ1) is 14.0. The third-order valence-corrected chi connectivity index (χ3v) is 4.30. The molecule has 8 nitrogen and oxygen atoms in total. The second-order valence-electron chi connectivity index (χ2n) is 6.32. The largest absolute Gasteiger partial charge is 0.497 e. The number of nitrogens with zero attached hydrogens (tertiary/aromatic N) is 2. The second-order valence-corrected chi connectivity index (χ2v) is 6.32. The Balaban J connectivity index is 1.62. The van der Waals surface area contributed by atoms with E-state index in [4.69, 9.17) is 18.7 Å². The minimum Gasteiger partial charge on any atom is -0.497 e. The smallest absolute Gasteiger partial charge is 0.261 e. The van der Waals surface area contributed by atoms with E-state index in [0.717, 1.165) is 5.56 Å². The van der Waals surface area contributed by atoms with E-state index >= 15 is 0 Å². The van der Waals surface area contributed by atoms with Gasteiger partial charge in [-0.2, -0.15) is 4.98 Å². The van der Waals surface area contributed by atoms with E-state index in [1.807, 2.05) is 31.2 Å². The number of aromatic nitrogens is 2. The lowest BCUT2D eigenvalue weighted by atomic mass is 10.2. The van der Waals surface area contributed by atoms with Gasteiger partial charge in [-0.1, -0.05) is 23.4 Å². The minimum atomic E-state index is -0.667. The summed E-state index contributed by atoms with van der Waals surface area (Å²) in [5.74, 6) is 2.23. The predicted molar refractivity (Wildman–Crippen MR) is 106 cm³/mol. The highest BCUT2D eigenvalue weighted by Crippen LogP contribution is 2.31. The molecule has 152 valence electrons. The Kier molecular flexibility index (Phi) is 6.33. The fourth-order valence-corrected chi connectivity index (χ4v) is 2.66. The standard InChI is InChI=1S/C21H23N3O5/c1-13-7-5-6-8-17(13)28-14(2)21(25)22-12-19-23-20(24-29-19)16-10-9-15(26-3)11-18(16)27-4/h5-11,14H,12H2,1-4H3,(H,22,25)/t14-/m1/s1. The molecule has 1 amide bonds. The van der Waals surface area contributed by atoms with Gasteiger partial charge in [-0.15, -0.1) is 0 Å². The van der Waals surface area contributed by atoms with Crippen molar-refractivity contribution < 1.29 is 23.5 Å². The molecule has 0 unspecified atom stereocenters. The lowest BCUT2D eigenvalue weighted by Gasteiger charge is -2.15. The lowest BCUT2D eigenvalue weighted by Crippen LogP contribution is -2.36. The van der Waals surface area contributed by atoms with Crippen molar-refractivity contribution in [3.8, 4) is 28.6 Å². The number of amides is 1. The molecule has 29 heavy (non-hydrogen) atoms. The summed E-state index contributed by atoms with van der Waals surface area (Å²) in [4.78, 5) is 16.6. The van der Waals surface area contributed by atoms with E-state index in [9.17, 15) is 4.79 Å². The SMILES string of the molecule is COc1ccc(-c2noc(CNC(=O)[C@@H](C)Oc3ccccc3C)n2)c(OC)c1. The third-order valence-electron chi connectivity index (χ3n) is 4.30. The van der Waals surface area contributed by atoms with Crippen molar-refractivity contribution >= 4 is 5.91 Å². The minimum absolute atomic E-state index is 0.0891. The number of benzene rings is 2. The van der Waals surface area contributed by atoms with Gasteiger partial charge in [-0.25, -0.2) is 0 Å². The van der Waals surface area contributed by atoms with Crippen LogP contribution in [0.5, 0.6) is 17.2 Å². The van der Waals surface area contributed by atoms with Gasteiger partial charge < -0.3 is 24.1 Å². The average Bonchev–Trinajstić information content (AvgIpc) is 3.21. The molecule has 0 bridgehead atoms. The maximum atomic E-state index is 12.3. The first kappa shape index (κ1) is 20.2. The summed E-state index contributed by atoms with van der Waals surface area (Å²) in [6.45, 7) is 3.70. The van der Waals surface area contributed by atoms with Crippen molar-refractivity contribution in [2.75, 3.05) is 14.2 Å². The van der Waals surface area contributed by atoms with Gasteiger partial charge >= 0.3 is 0 Å². The van der Waals surface area contributed by atoms with E-state index in [1.165, 1.54) is 0 Å². The molecule has 0 aliphatic rings. The van der Waals surface area contributed by atoms with Gasteiger partial charge in [-0.05, 0) is 37.6 Å². The maximum absolute atomic E-state index is 12.3. The van der Waals surface area contributed by atoms with Crippen LogP contribution in [0.3, 0.4) is 0 Å². The fourth-order valence-electron chi connectivity index (χ4n) is 2.66. The Labute approximate surface area is 168 Å². The first-order valence-corrected chi connectivity index (χ1v) is 9.06. The quantitative estimate of drug-likeness (QED) is 0.624. The molecule has 3 rings (SSSR count). The van der Waals surface area contributed by atoms with E-state index < -0.39 is 6.10 Å². The van der Waals surface area contributed by atoms with E-state index in [1.54, 1.807) is 39.3 Å². The van der Waals surface area contributed by atoms with Crippen LogP contribution in [0.25, 0.3) is 11.4 Å². The molecule has 0 fully saturated rings. The van der Waals surface area contributed by atoms with Crippen molar-refractivity contribution in [2.24, 2.45) is 0 Å². The normalized spacial score (nSPS) is 11.6. The monoisotopic (exact) mass is 397 g/mol. The second kappa shape index (κ2) is 9.09. The number of aryl methyl sites for hydroxylation is 1. The van der Waals surface area contributed by atoms with Gasteiger partial charge in [0.1, 0.15) is 17.2 Å². The molecule has 0 aliphatic carbocycles. The molecule has 1 aromatic heterocycles. The molecule has 1 atom stereocenters. The number of nitrogens with one attached hydrogen (secondary N) is 1. The van der Waals surface area contributed by atoms with Gasteiger partial charge in [-0.3, -0.25) is 4.79 Å². The van der Waals surface area contributed by atoms with Gasteiger partial charge in [0.2, 0.25) is 11.7 Å². The number of methoxy groups -OCH3 is 2. The number of ether oxygens (including phenoxy) is 3. The number of carbonyl (C=O) groups excluding carboxylic acids is 1. The molecule has 3 aromatic rings. The van der Waals surface area contributed by atoms with Gasteiger partial charge in [0.05, 0.1) is 26.3 Å². The summed E-state index contributed by atoms with van der Waals surface area (Å²) in [5, 5.41) is 6.70. The van der Waals surface area contributed by atoms with Crippen LogP contribution in [0.15, 0.2) is 47.0 Å². The number of rotatable bonds is 8. The topological polar surface area (TPSA) is 95.7 Å². The van der Waals surface area contributed by atoms with E-state index in [-0.39, 0.29) is 18.3 Å². The van der Waals surface area contributed by atoms with Gasteiger partial charge in [0.25, 0.3) is 5.91 Å². The highest BCUT2D eigenvalue weighted by Gasteiger charge is 2.18. The zero-order chi connectivity index (χ0) is 20.8. The molecule has 0 saturated heterocycles.